The topological polar surface area (TPSA) is 75.5 Å². The first-order chi connectivity index (χ1) is 9.81. The number of nitrogens with zero attached hydrogens (tertiary/aromatic N) is 2. The van der Waals surface area contributed by atoms with E-state index < -0.39 is 16.6 Å². The molecule has 0 bridgehead atoms. The van der Waals surface area contributed by atoms with Crippen LogP contribution in [0.2, 0.25) is 0 Å². The maximum absolute atomic E-state index is 14.2. The van der Waals surface area contributed by atoms with Crippen molar-refractivity contribution in [1.82, 2.24) is 10.2 Å². The third kappa shape index (κ3) is 3.02. The van der Waals surface area contributed by atoms with Crippen molar-refractivity contribution < 1.29 is 14.1 Å². The van der Waals surface area contributed by atoms with Crippen LogP contribution in [0.15, 0.2) is 12.1 Å². The van der Waals surface area contributed by atoms with Crippen LogP contribution in [0.3, 0.4) is 0 Å². The number of aryl methyl sites for hydroxylation is 1. The molecule has 1 saturated heterocycles. The summed E-state index contributed by atoms with van der Waals surface area (Å²) in [6.07, 6.45) is 0. The van der Waals surface area contributed by atoms with Gasteiger partial charge >= 0.3 is 0 Å². The van der Waals surface area contributed by atoms with Crippen molar-refractivity contribution in [3.63, 3.8) is 0 Å². The van der Waals surface area contributed by atoms with Gasteiger partial charge in [-0.1, -0.05) is 0 Å². The Bertz CT molecular complexity index is 591. The zero-order valence-electron chi connectivity index (χ0n) is 12.2. The van der Waals surface area contributed by atoms with Gasteiger partial charge in [0.15, 0.2) is 0 Å². The van der Waals surface area contributed by atoms with Gasteiger partial charge < -0.3 is 10.2 Å². The van der Waals surface area contributed by atoms with Crippen LogP contribution in [0.5, 0.6) is 0 Å². The molecule has 1 aliphatic rings. The predicted molar refractivity (Wildman–Crippen MR) is 75.8 cm³/mol. The van der Waals surface area contributed by atoms with E-state index in [0.29, 0.717) is 13.1 Å². The first-order valence-electron chi connectivity index (χ1n) is 6.80. The maximum atomic E-state index is 14.2. The van der Waals surface area contributed by atoms with Gasteiger partial charge in [0, 0.05) is 37.3 Å². The number of piperazine rings is 1. The molecular formula is C14H18FN3O3. The molecule has 114 valence electrons. The minimum absolute atomic E-state index is 0.0901. The number of non-ortho nitro benzene ring substituents is 1. The summed E-state index contributed by atoms with van der Waals surface area (Å²) >= 11 is 0. The standard InChI is InChI=1S/C14H18FN3O3/c1-8-4-11(18(20)21)5-12(13(8)15)14(19)17-7-9(2)16-6-10(17)3/h4-5,9-10,16H,6-7H2,1-3H3. The molecule has 1 aromatic carbocycles. The summed E-state index contributed by atoms with van der Waals surface area (Å²) in [5.74, 6) is -1.19. The number of carbonyl (C=O) groups excluding carboxylic acids is 1. The zero-order valence-corrected chi connectivity index (χ0v) is 12.2. The number of benzene rings is 1. The van der Waals surface area contributed by atoms with Crippen LogP contribution in [0.4, 0.5) is 10.1 Å². The van der Waals surface area contributed by atoms with Gasteiger partial charge in [0.2, 0.25) is 0 Å². The minimum Gasteiger partial charge on any atom is -0.333 e. The molecule has 1 fully saturated rings. The molecule has 1 heterocycles. The second kappa shape index (κ2) is 5.77. The molecule has 21 heavy (non-hydrogen) atoms. The van der Waals surface area contributed by atoms with E-state index in [1.807, 2.05) is 13.8 Å². The molecule has 6 nitrogen and oxygen atoms in total. The number of nitro benzene ring substituents is 1. The lowest BCUT2D eigenvalue weighted by atomic mass is 10.0. The lowest BCUT2D eigenvalue weighted by molar-refractivity contribution is -0.385. The molecule has 7 heteroatoms. The summed E-state index contributed by atoms with van der Waals surface area (Å²) in [4.78, 5) is 24.4. The van der Waals surface area contributed by atoms with Crippen molar-refractivity contribution in [2.45, 2.75) is 32.9 Å². The van der Waals surface area contributed by atoms with Crippen LogP contribution in [-0.2, 0) is 0 Å². The highest BCUT2D eigenvalue weighted by molar-refractivity contribution is 5.95. The van der Waals surface area contributed by atoms with E-state index in [1.54, 1.807) is 4.90 Å². The fourth-order valence-corrected chi connectivity index (χ4v) is 2.47. The van der Waals surface area contributed by atoms with Crippen molar-refractivity contribution in [1.29, 1.82) is 0 Å². The fraction of sp³-hybridized carbons (Fsp3) is 0.500. The number of hydrogen-bond donors (Lipinski definition) is 1. The molecule has 0 aliphatic carbocycles. The summed E-state index contributed by atoms with van der Waals surface area (Å²) in [6.45, 7) is 6.27. The summed E-state index contributed by atoms with van der Waals surface area (Å²) in [5, 5.41) is 14.1. The SMILES string of the molecule is Cc1cc([N+](=O)[O-])cc(C(=O)N2CC(C)NCC2C)c1F. The van der Waals surface area contributed by atoms with Crippen molar-refractivity contribution in [3.8, 4) is 0 Å². The van der Waals surface area contributed by atoms with Crippen LogP contribution in [-0.4, -0.2) is 40.9 Å². The number of rotatable bonds is 2. The molecule has 0 spiro atoms. The van der Waals surface area contributed by atoms with Gasteiger partial charge in [0.1, 0.15) is 5.82 Å². The Labute approximate surface area is 122 Å². The molecule has 0 radical (unpaired) electrons. The Morgan fingerprint density at radius 1 is 1.48 bits per heavy atom. The maximum Gasteiger partial charge on any atom is 0.270 e. The average molecular weight is 295 g/mol. The molecule has 1 amide bonds. The second-order valence-electron chi connectivity index (χ2n) is 5.50. The minimum atomic E-state index is -0.691. The highest BCUT2D eigenvalue weighted by Gasteiger charge is 2.30. The number of halogens is 1. The van der Waals surface area contributed by atoms with E-state index in [-0.39, 0.29) is 28.9 Å². The van der Waals surface area contributed by atoms with Gasteiger partial charge in [-0.3, -0.25) is 14.9 Å². The molecule has 1 aliphatic heterocycles. The summed E-state index contributed by atoms with van der Waals surface area (Å²) in [6, 6.07) is 2.17. The predicted octanol–water partition coefficient (Wildman–Crippen LogP) is 1.86. The monoisotopic (exact) mass is 295 g/mol. The molecule has 2 rings (SSSR count). The highest BCUT2D eigenvalue weighted by Crippen LogP contribution is 2.23. The number of nitrogens with one attached hydrogen (secondary N) is 1. The Balaban J connectivity index is 2.40. The summed E-state index contributed by atoms with van der Waals surface area (Å²) in [7, 11) is 0. The van der Waals surface area contributed by atoms with E-state index in [9.17, 15) is 19.3 Å². The van der Waals surface area contributed by atoms with Crippen LogP contribution in [0.25, 0.3) is 0 Å². The van der Waals surface area contributed by atoms with Gasteiger partial charge in [-0.05, 0) is 26.3 Å². The smallest absolute Gasteiger partial charge is 0.270 e. The van der Waals surface area contributed by atoms with Gasteiger partial charge in [-0.15, -0.1) is 0 Å². The molecule has 2 atom stereocenters. The van der Waals surface area contributed by atoms with E-state index in [2.05, 4.69) is 5.32 Å². The lowest BCUT2D eigenvalue weighted by Crippen LogP contribution is -2.56. The fourth-order valence-electron chi connectivity index (χ4n) is 2.47. The Morgan fingerprint density at radius 3 is 2.76 bits per heavy atom. The number of amides is 1. The van der Waals surface area contributed by atoms with Crippen LogP contribution < -0.4 is 5.32 Å². The normalized spacial score (nSPS) is 22.2. The van der Waals surface area contributed by atoms with E-state index in [1.165, 1.54) is 6.92 Å². The van der Waals surface area contributed by atoms with E-state index >= 15 is 0 Å². The van der Waals surface area contributed by atoms with Gasteiger partial charge in [0.05, 0.1) is 10.5 Å². The number of carbonyl (C=O) groups is 1. The van der Waals surface area contributed by atoms with Gasteiger partial charge in [-0.2, -0.15) is 0 Å². The largest absolute Gasteiger partial charge is 0.333 e. The van der Waals surface area contributed by atoms with Crippen LogP contribution >= 0.6 is 0 Å². The van der Waals surface area contributed by atoms with Gasteiger partial charge in [-0.25, -0.2) is 4.39 Å². The summed E-state index contributed by atoms with van der Waals surface area (Å²) < 4.78 is 14.2. The van der Waals surface area contributed by atoms with Gasteiger partial charge in [0.25, 0.3) is 11.6 Å². The van der Waals surface area contributed by atoms with Crippen molar-refractivity contribution in [3.05, 3.63) is 39.2 Å². The van der Waals surface area contributed by atoms with Crippen molar-refractivity contribution >= 4 is 11.6 Å². The lowest BCUT2D eigenvalue weighted by Gasteiger charge is -2.37. The quantitative estimate of drug-likeness (QED) is 0.667. The average Bonchev–Trinajstić information content (AvgIpc) is 2.43. The van der Waals surface area contributed by atoms with E-state index in [0.717, 1.165) is 12.1 Å². The van der Waals surface area contributed by atoms with Crippen molar-refractivity contribution in [2.24, 2.45) is 0 Å². The molecule has 2 unspecified atom stereocenters. The van der Waals surface area contributed by atoms with Crippen molar-refractivity contribution in [2.75, 3.05) is 13.1 Å². The third-order valence-electron chi connectivity index (χ3n) is 3.71. The molecule has 1 aromatic rings. The van der Waals surface area contributed by atoms with Crippen LogP contribution in [0.1, 0.15) is 29.8 Å². The number of nitro groups is 1. The molecule has 0 aromatic heterocycles. The number of hydrogen-bond acceptors (Lipinski definition) is 4. The molecule has 1 N–H and O–H groups in total. The zero-order chi connectivity index (χ0) is 15.7. The third-order valence-corrected chi connectivity index (χ3v) is 3.71. The first-order valence-corrected chi connectivity index (χ1v) is 6.80. The second-order valence-corrected chi connectivity index (χ2v) is 5.50. The molecule has 0 saturated carbocycles. The van der Waals surface area contributed by atoms with Crippen LogP contribution in [0, 0.1) is 22.9 Å². The highest BCUT2D eigenvalue weighted by atomic mass is 19.1. The Morgan fingerprint density at radius 2 is 2.14 bits per heavy atom. The Hall–Kier alpha value is -2.02. The first kappa shape index (κ1) is 15.4. The van der Waals surface area contributed by atoms with E-state index in [4.69, 9.17) is 0 Å². The molecular weight excluding hydrogens is 277 g/mol. The Kier molecular flexibility index (Phi) is 4.22. The summed E-state index contributed by atoms with van der Waals surface area (Å²) in [5.41, 5.74) is -0.404.